The van der Waals surface area contributed by atoms with E-state index in [4.69, 9.17) is 0 Å². The lowest BCUT2D eigenvalue weighted by Gasteiger charge is -1.83. The molecule has 0 aliphatic rings. The maximum Gasteiger partial charge on any atom is -0.00554 e. The molecule has 0 nitrogen and oxygen atoms in total. The zero-order chi connectivity index (χ0) is 5.54. The minimum Gasteiger partial charge on any atom is -0.127 e. The van der Waals surface area contributed by atoms with Crippen molar-refractivity contribution in [3.05, 3.63) is 0 Å². The van der Waals surface area contributed by atoms with E-state index in [0.717, 1.165) is 0 Å². The van der Waals surface area contributed by atoms with Crippen LogP contribution in [-0.4, -0.2) is 8.44 Å². The average molecular weight is 212 g/mol. The Bertz CT molecular complexity index is 48.1. The van der Waals surface area contributed by atoms with Gasteiger partial charge in [0, 0.05) is 0 Å². The van der Waals surface area contributed by atoms with Crippen molar-refractivity contribution in [3.63, 3.8) is 0 Å². The second-order valence-corrected chi connectivity index (χ2v) is 4.62. The summed E-state index contributed by atoms with van der Waals surface area (Å²) in [4.78, 5) is 0. The molecule has 0 saturated carbocycles. The van der Waals surface area contributed by atoms with Crippen LogP contribution < -0.4 is 0 Å². The van der Waals surface area contributed by atoms with Gasteiger partial charge in [-0.25, -0.2) is 0 Å². The van der Waals surface area contributed by atoms with E-state index in [1.54, 1.807) is 0 Å². The zero-order valence-corrected chi connectivity index (χ0v) is 7.23. The molecule has 0 heterocycles. The molecule has 0 atom stereocenters. The molecule has 0 unspecified atom stereocenters. The van der Waals surface area contributed by atoms with Gasteiger partial charge in [-0.1, -0.05) is 17.4 Å². The van der Waals surface area contributed by atoms with Crippen molar-refractivity contribution in [1.29, 1.82) is 0 Å². The van der Waals surface area contributed by atoms with Gasteiger partial charge >= 0.3 is 0 Å². The minimum atomic E-state index is 0.497. The maximum atomic E-state index is 2.34. The fraction of sp³-hybridized carbons (Fsp3) is 0.833. The molecule has 0 aromatic carbocycles. The Morgan fingerprint density at radius 1 is 1.57 bits per heavy atom. The molecule has 0 aliphatic carbocycles. The number of rotatable bonds is 3. The number of hydrogen-bond acceptors (Lipinski definition) is 0. The van der Waals surface area contributed by atoms with Gasteiger partial charge in [0.1, 0.15) is 0 Å². The molecular formula is C6H13I. The van der Waals surface area contributed by atoms with E-state index in [1.807, 2.05) is 0 Å². The summed E-state index contributed by atoms with van der Waals surface area (Å²) >= 11 is 0.497. The van der Waals surface area contributed by atoms with Crippen LogP contribution in [0.3, 0.4) is 0 Å². The second-order valence-electron chi connectivity index (χ2n) is 1.42. The molecule has 0 N–H and O–H groups in total. The van der Waals surface area contributed by atoms with E-state index < -0.39 is 0 Å². The van der Waals surface area contributed by atoms with Gasteiger partial charge in [0.25, 0.3) is 0 Å². The monoisotopic (exact) mass is 212 g/mol. The van der Waals surface area contributed by atoms with Crippen molar-refractivity contribution in [2.45, 2.75) is 26.7 Å². The number of hydrogen-bond donors (Lipinski definition) is 0. The van der Waals surface area contributed by atoms with Crippen molar-refractivity contribution in [2.24, 2.45) is 0 Å². The lowest BCUT2D eigenvalue weighted by atomic mass is 10.4. The summed E-state index contributed by atoms with van der Waals surface area (Å²) in [6.45, 7) is 4.42. The van der Waals surface area contributed by atoms with E-state index in [2.05, 4.69) is 17.9 Å². The van der Waals surface area contributed by atoms with Crippen molar-refractivity contribution in [1.82, 2.24) is 0 Å². The summed E-state index contributed by atoms with van der Waals surface area (Å²) in [5.41, 5.74) is 0. The molecular weight excluding hydrogens is 199 g/mol. The zero-order valence-electron chi connectivity index (χ0n) is 5.08. The Kier molecular flexibility index (Phi) is 7.17. The first kappa shape index (κ1) is 7.60. The van der Waals surface area contributed by atoms with Crippen molar-refractivity contribution >= 4 is 24.7 Å². The Hall–Kier alpha value is 0.600. The van der Waals surface area contributed by atoms with Crippen LogP contribution in [-0.2, 0) is 0 Å². The molecule has 1 heteroatoms. The summed E-state index contributed by atoms with van der Waals surface area (Å²) in [5.74, 6) is 0. The third-order valence-corrected chi connectivity index (χ3v) is 3.02. The highest BCUT2D eigenvalue weighted by Crippen LogP contribution is 1.98. The van der Waals surface area contributed by atoms with Gasteiger partial charge in [-0.05, 0) is 17.8 Å². The van der Waals surface area contributed by atoms with Crippen molar-refractivity contribution in [2.75, 3.05) is 4.43 Å². The average Bonchev–Trinajstić information content (AvgIpc) is 1.69. The summed E-state index contributed by atoms with van der Waals surface area (Å²) in [5, 5.41) is 0. The second kappa shape index (κ2) is 6.60. The number of alkyl halides is 1. The van der Waals surface area contributed by atoms with E-state index in [0.29, 0.717) is 20.7 Å². The topological polar surface area (TPSA) is 0 Å². The van der Waals surface area contributed by atoms with Crippen LogP contribution in [0.4, 0.5) is 0 Å². The lowest BCUT2D eigenvalue weighted by Crippen LogP contribution is -1.68. The van der Waals surface area contributed by atoms with E-state index in [-0.39, 0.29) is 0 Å². The third-order valence-electron chi connectivity index (χ3n) is 0.751. The summed E-state index contributed by atoms with van der Waals surface area (Å²) in [6, 6.07) is 0. The summed E-state index contributed by atoms with van der Waals surface area (Å²) < 4.78 is 3.83. The van der Waals surface area contributed by atoms with Gasteiger partial charge < -0.3 is 0 Å². The molecule has 0 aromatic heterocycles. The highest BCUT2D eigenvalue weighted by Gasteiger charge is 1.73. The fourth-order valence-electron chi connectivity index (χ4n) is 0.320. The summed E-state index contributed by atoms with van der Waals surface area (Å²) in [6.07, 6.45) is 2.81. The van der Waals surface area contributed by atoms with Crippen LogP contribution in [0.2, 0.25) is 0 Å². The van der Waals surface area contributed by atoms with E-state index in [9.17, 15) is 0 Å². The SMILES string of the molecule is CC=ICCCC. The Labute approximate surface area is 56.1 Å². The van der Waals surface area contributed by atoms with Crippen LogP contribution in [0.5, 0.6) is 0 Å². The highest BCUT2D eigenvalue weighted by atomic mass is 127. The first-order valence-corrected chi connectivity index (χ1v) is 5.54. The van der Waals surface area contributed by atoms with Crippen LogP contribution in [0.15, 0.2) is 0 Å². The van der Waals surface area contributed by atoms with Crippen molar-refractivity contribution < 1.29 is 0 Å². The highest BCUT2D eigenvalue weighted by molar-refractivity contribution is 14.2. The van der Waals surface area contributed by atoms with Crippen LogP contribution in [0.1, 0.15) is 26.7 Å². The van der Waals surface area contributed by atoms with Gasteiger partial charge in [0.2, 0.25) is 0 Å². The molecule has 0 aliphatic heterocycles. The van der Waals surface area contributed by atoms with Gasteiger partial charge in [-0.3, -0.25) is 0 Å². The predicted octanol–water partition coefficient (Wildman–Crippen LogP) is 2.58. The molecule has 0 radical (unpaired) electrons. The molecule has 0 saturated heterocycles. The van der Waals surface area contributed by atoms with Crippen LogP contribution in [0, 0.1) is 0 Å². The Morgan fingerprint density at radius 2 is 2.29 bits per heavy atom. The molecule has 0 amide bonds. The van der Waals surface area contributed by atoms with Gasteiger partial charge in [0.15, 0.2) is 0 Å². The largest absolute Gasteiger partial charge is 0.127 e. The first-order valence-electron chi connectivity index (χ1n) is 2.77. The van der Waals surface area contributed by atoms with Crippen LogP contribution >= 0.6 is 20.7 Å². The molecule has 0 spiro atoms. The Morgan fingerprint density at radius 3 is 2.71 bits per heavy atom. The number of unbranched alkanes of at least 4 members (excludes halogenated alkanes) is 1. The molecule has 0 rings (SSSR count). The summed E-state index contributed by atoms with van der Waals surface area (Å²) in [7, 11) is 0. The molecule has 0 bridgehead atoms. The first-order chi connectivity index (χ1) is 3.41. The maximum absolute atomic E-state index is 2.34. The molecule has 0 fully saturated rings. The van der Waals surface area contributed by atoms with Gasteiger partial charge in [-0.15, -0.1) is 20.7 Å². The normalized spacial score (nSPS) is 11.7. The minimum absolute atomic E-state index is 0.497. The molecule has 7 heavy (non-hydrogen) atoms. The lowest BCUT2D eigenvalue weighted by molar-refractivity contribution is 0.907. The molecule has 44 valence electrons. The van der Waals surface area contributed by atoms with Gasteiger partial charge in [-0.2, -0.15) is 0 Å². The third kappa shape index (κ3) is 6.60. The number of halogens is 1. The standard InChI is InChI=1S/C6H13I/c1-3-5-6-7-4-2/h4H,3,5-6H2,1-2H3. The fourth-order valence-corrected chi connectivity index (χ4v) is 2.15. The predicted molar refractivity (Wildman–Crippen MR) is 45.5 cm³/mol. The van der Waals surface area contributed by atoms with Gasteiger partial charge in [0.05, 0.1) is 0 Å². The quantitative estimate of drug-likeness (QED) is 0.383. The van der Waals surface area contributed by atoms with Crippen molar-refractivity contribution in [3.8, 4) is 0 Å². The Balaban J connectivity index is 2.69. The van der Waals surface area contributed by atoms with E-state index in [1.165, 1.54) is 17.3 Å². The molecule has 0 aromatic rings. The smallest absolute Gasteiger partial charge is 0.00554 e. The van der Waals surface area contributed by atoms with Crippen LogP contribution in [0.25, 0.3) is 0 Å². The van der Waals surface area contributed by atoms with E-state index >= 15 is 0 Å².